The Morgan fingerprint density at radius 3 is 2.30 bits per heavy atom. The third-order valence-electron chi connectivity index (χ3n) is 5.13. The largest absolute Gasteiger partial charge is 0.495 e. The van der Waals surface area contributed by atoms with Crippen LogP contribution < -0.4 is 15.0 Å². The van der Waals surface area contributed by atoms with Gasteiger partial charge in [0, 0.05) is 37.9 Å². The number of hydrogen-bond donors (Lipinski definition) is 1. The van der Waals surface area contributed by atoms with Gasteiger partial charge < -0.3 is 24.6 Å². The quantitative estimate of drug-likeness (QED) is 0.756. The minimum absolute atomic E-state index is 0.191. The molecule has 1 N–H and O–H groups in total. The normalized spacial score (nSPS) is 15.5. The zero-order chi connectivity index (χ0) is 21.7. The van der Waals surface area contributed by atoms with Gasteiger partial charge in [-0.05, 0) is 51.5 Å². The topological polar surface area (TPSA) is 54.0 Å². The van der Waals surface area contributed by atoms with Gasteiger partial charge in [0.2, 0.25) is 0 Å². The molecule has 6 heteroatoms. The number of hydrogen-bond acceptors (Lipinski definition) is 5. The second-order valence-electron chi connectivity index (χ2n) is 8.62. The van der Waals surface area contributed by atoms with Crippen LogP contribution in [0.15, 0.2) is 48.5 Å². The van der Waals surface area contributed by atoms with Crippen LogP contribution in [0.5, 0.6) is 5.75 Å². The number of nitrogens with one attached hydrogen (secondary N) is 1. The van der Waals surface area contributed by atoms with Gasteiger partial charge in [0.05, 0.1) is 12.8 Å². The van der Waals surface area contributed by atoms with Crippen molar-refractivity contribution >= 4 is 17.5 Å². The van der Waals surface area contributed by atoms with Crippen molar-refractivity contribution in [2.75, 3.05) is 43.5 Å². The summed E-state index contributed by atoms with van der Waals surface area (Å²) in [6, 6.07) is 16.7. The highest BCUT2D eigenvalue weighted by Gasteiger charge is 2.27. The van der Waals surface area contributed by atoms with E-state index in [9.17, 15) is 4.79 Å². The second-order valence-corrected chi connectivity index (χ2v) is 8.62. The number of amides is 1. The Morgan fingerprint density at radius 2 is 1.70 bits per heavy atom. The maximum atomic E-state index is 12.3. The first-order valence-electron chi connectivity index (χ1n) is 10.5. The van der Waals surface area contributed by atoms with Gasteiger partial charge in [-0.15, -0.1) is 0 Å². The van der Waals surface area contributed by atoms with Crippen molar-refractivity contribution in [3.63, 3.8) is 0 Å². The number of methoxy groups -OCH3 is 1. The number of carbonyl (C=O) groups excluding carboxylic acids is 1. The lowest BCUT2D eigenvalue weighted by molar-refractivity contribution is 0.0240. The molecular weight excluding hydrogens is 378 g/mol. The standard InChI is InChI=1S/C24H33N3O3/c1-18(19-9-7-6-8-10-19)25-20-11-12-22(29-5)21(17-20)26-13-15-27(16-14-26)23(28)30-24(2,3)4/h6-12,17-18,25H,13-16H2,1-5H3. The highest BCUT2D eigenvalue weighted by Crippen LogP contribution is 2.33. The van der Waals surface area contributed by atoms with E-state index in [4.69, 9.17) is 9.47 Å². The minimum atomic E-state index is -0.479. The summed E-state index contributed by atoms with van der Waals surface area (Å²) in [4.78, 5) is 16.4. The lowest BCUT2D eigenvalue weighted by Gasteiger charge is -2.37. The summed E-state index contributed by atoms with van der Waals surface area (Å²) < 4.78 is 11.1. The molecular formula is C24H33N3O3. The molecule has 1 heterocycles. The van der Waals surface area contributed by atoms with Crippen LogP contribution in [0.4, 0.5) is 16.2 Å². The van der Waals surface area contributed by atoms with Gasteiger partial charge in [0.15, 0.2) is 0 Å². The van der Waals surface area contributed by atoms with E-state index < -0.39 is 5.60 Å². The van der Waals surface area contributed by atoms with Crippen molar-refractivity contribution in [2.24, 2.45) is 0 Å². The summed E-state index contributed by atoms with van der Waals surface area (Å²) >= 11 is 0. The first-order chi connectivity index (χ1) is 14.3. The van der Waals surface area contributed by atoms with Crippen molar-refractivity contribution in [2.45, 2.75) is 39.3 Å². The van der Waals surface area contributed by atoms with E-state index in [0.717, 1.165) is 30.2 Å². The first-order valence-corrected chi connectivity index (χ1v) is 10.5. The summed E-state index contributed by atoms with van der Waals surface area (Å²) in [6.45, 7) is 10.5. The van der Waals surface area contributed by atoms with E-state index in [1.807, 2.05) is 39.0 Å². The Morgan fingerprint density at radius 1 is 1.03 bits per heavy atom. The summed E-state index contributed by atoms with van der Waals surface area (Å²) in [5.41, 5.74) is 2.83. The third-order valence-corrected chi connectivity index (χ3v) is 5.13. The van der Waals surface area contributed by atoms with Crippen LogP contribution in [0.1, 0.15) is 39.3 Å². The number of nitrogens with zero attached hydrogens (tertiary/aromatic N) is 2. The molecule has 1 atom stereocenters. The molecule has 30 heavy (non-hydrogen) atoms. The number of ether oxygens (including phenoxy) is 2. The smallest absolute Gasteiger partial charge is 0.410 e. The van der Waals surface area contributed by atoms with E-state index in [0.29, 0.717) is 13.1 Å². The molecule has 1 saturated heterocycles. The zero-order valence-electron chi connectivity index (χ0n) is 18.6. The molecule has 0 saturated carbocycles. The monoisotopic (exact) mass is 411 g/mol. The second kappa shape index (κ2) is 9.28. The zero-order valence-corrected chi connectivity index (χ0v) is 18.6. The first kappa shape index (κ1) is 21.8. The van der Waals surface area contributed by atoms with Crippen molar-refractivity contribution in [3.8, 4) is 5.75 Å². The molecule has 1 aliphatic heterocycles. The van der Waals surface area contributed by atoms with Gasteiger partial charge in [0.1, 0.15) is 11.4 Å². The summed E-state index contributed by atoms with van der Waals surface area (Å²) in [5, 5.41) is 3.57. The van der Waals surface area contributed by atoms with E-state index in [1.54, 1.807) is 12.0 Å². The minimum Gasteiger partial charge on any atom is -0.495 e. The molecule has 0 aromatic heterocycles. The summed E-state index contributed by atoms with van der Waals surface area (Å²) in [7, 11) is 1.69. The summed E-state index contributed by atoms with van der Waals surface area (Å²) in [6.07, 6.45) is -0.249. The SMILES string of the molecule is COc1ccc(NC(C)c2ccccc2)cc1N1CCN(C(=O)OC(C)(C)C)CC1. The highest BCUT2D eigenvalue weighted by molar-refractivity contribution is 5.70. The molecule has 1 aliphatic rings. The van der Waals surface area contributed by atoms with Crippen LogP contribution in [-0.4, -0.2) is 49.9 Å². The van der Waals surface area contributed by atoms with Gasteiger partial charge in [-0.25, -0.2) is 4.79 Å². The molecule has 2 aromatic carbocycles. The number of piperazine rings is 1. The maximum absolute atomic E-state index is 12.3. The van der Waals surface area contributed by atoms with Crippen molar-refractivity contribution < 1.29 is 14.3 Å². The molecule has 1 fully saturated rings. The molecule has 0 radical (unpaired) electrons. The van der Waals surface area contributed by atoms with Gasteiger partial charge >= 0.3 is 6.09 Å². The van der Waals surface area contributed by atoms with Crippen LogP contribution in [0, 0.1) is 0 Å². The van der Waals surface area contributed by atoms with Crippen LogP contribution >= 0.6 is 0 Å². The molecule has 162 valence electrons. The number of benzene rings is 2. The van der Waals surface area contributed by atoms with Crippen molar-refractivity contribution in [3.05, 3.63) is 54.1 Å². The average Bonchev–Trinajstić information content (AvgIpc) is 2.73. The van der Waals surface area contributed by atoms with Gasteiger partial charge in [-0.3, -0.25) is 0 Å². The third kappa shape index (κ3) is 5.59. The van der Waals surface area contributed by atoms with Gasteiger partial charge in [-0.1, -0.05) is 30.3 Å². The van der Waals surface area contributed by atoms with Crippen LogP contribution in [0.3, 0.4) is 0 Å². The lowest BCUT2D eigenvalue weighted by Crippen LogP contribution is -2.50. The Bertz CT molecular complexity index is 841. The van der Waals surface area contributed by atoms with E-state index >= 15 is 0 Å². The predicted octanol–water partition coefficient (Wildman–Crippen LogP) is 4.93. The van der Waals surface area contributed by atoms with E-state index in [1.165, 1.54) is 5.56 Å². The van der Waals surface area contributed by atoms with E-state index in [2.05, 4.69) is 47.5 Å². The number of anilines is 2. The van der Waals surface area contributed by atoms with E-state index in [-0.39, 0.29) is 12.1 Å². The molecule has 6 nitrogen and oxygen atoms in total. The molecule has 1 amide bonds. The van der Waals surface area contributed by atoms with Crippen molar-refractivity contribution in [1.29, 1.82) is 0 Å². The Labute approximate surface area is 179 Å². The molecule has 1 unspecified atom stereocenters. The molecule has 0 aliphatic carbocycles. The molecule has 2 aromatic rings. The van der Waals surface area contributed by atoms with Crippen LogP contribution in [0.2, 0.25) is 0 Å². The lowest BCUT2D eigenvalue weighted by atomic mass is 10.1. The Kier molecular flexibility index (Phi) is 6.75. The fourth-order valence-electron chi connectivity index (χ4n) is 3.56. The fraction of sp³-hybridized carbons (Fsp3) is 0.458. The maximum Gasteiger partial charge on any atom is 0.410 e. The molecule has 0 spiro atoms. The Hall–Kier alpha value is -2.89. The van der Waals surface area contributed by atoms with Crippen LogP contribution in [0.25, 0.3) is 0 Å². The molecule has 0 bridgehead atoms. The van der Waals surface area contributed by atoms with Gasteiger partial charge in [-0.2, -0.15) is 0 Å². The van der Waals surface area contributed by atoms with Gasteiger partial charge in [0.25, 0.3) is 0 Å². The highest BCUT2D eigenvalue weighted by atomic mass is 16.6. The fourth-order valence-corrected chi connectivity index (χ4v) is 3.56. The van der Waals surface area contributed by atoms with Crippen LogP contribution in [-0.2, 0) is 4.74 Å². The predicted molar refractivity (Wildman–Crippen MR) is 121 cm³/mol. The van der Waals surface area contributed by atoms with Crippen molar-refractivity contribution in [1.82, 2.24) is 4.90 Å². The Balaban J connectivity index is 1.68. The number of rotatable bonds is 5. The average molecular weight is 412 g/mol. The molecule has 3 rings (SSSR count). The summed E-state index contributed by atoms with van der Waals surface area (Å²) in [5.74, 6) is 0.832. The number of carbonyl (C=O) groups is 1.